The first-order valence-corrected chi connectivity index (χ1v) is 9.89. The molecule has 0 fully saturated rings. The lowest BCUT2D eigenvalue weighted by Gasteiger charge is -2.27. The molecule has 146 valence electrons. The second kappa shape index (κ2) is 8.32. The molecule has 0 saturated carbocycles. The van der Waals surface area contributed by atoms with Crippen LogP contribution in [0.1, 0.15) is 37.4 Å². The molecule has 2 aromatic rings. The van der Waals surface area contributed by atoms with E-state index >= 15 is 0 Å². The summed E-state index contributed by atoms with van der Waals surface area (Å²) in [7, 11) is 0. The van der Waals surface area contributed by atoms with Gasteiger partial charge in [-0.3, -0.25) is 5.10 Å². The summed E-state index contributed by atoms with van der Waals surface area (Å²) < 4.78 is 14.4. The minimum Gasteiger partial charge on any atom is -0.281 e. The van der Waals surface area contributed by atoms with E-state index < -0.39 is 0 Å². The maximum atomic E-state index is 14.4. The van der Waals surface area contributed by atoms with Crippen molar-refractivity contribution in [2.75, 3.05) is 0 Å². The average molecular weight is 397 g/mol. The van der Waals surface area contributed by atoms with Crippen molar-refractivity contribution in [1.29, 1.82) is 0 Å². The van der Waals surface area contributed by atoms with Gasteiger partial charge in [0.1, 0.15) is 5.52 Å². The van der Waals surface area contributed by atoms with Gasteiger partial charge in [-0.1, -0.05) is 62.9 Å². The van der Waals surface area contributed by atoms with Crippen LogP contribution in [0.5, 0.6) is 0 Å². The number of aryl methyl sites for hydroxylation is 1. The number of nitrogens with zero attached hydrogens (tertiary/aromatic N) is 1. The molecule has 0 spiro atoms. The molecular formula is C24H26ClFN2. The third-order valence-electron chi connectivity index (χ3n) is 5.34. The summed E-state index contributed by atoms with van der Waals surface area (Å²) in [4.78, 5) is 0. The highest BCUT2D eigenvalue weighted by Gasteiger charge is 2.28. The van der Waals surface area contributed by atoms with Gasteiger partial charge in [0.15, 0.2) is 5.82 Å². The van der Waals surface area contributed by atoms with Crippen LogP contribution in [0.4, 0.5) is 4.39 Å². The van der Waals surface area contributed by atoms with Crippen LogP contribution < -0.4 is 0 Å². The van der Waals surface area contributed by atoms with Crippen molar-refractivity contribution in [1.82, 2.24) is 10.2 Å². The van der Waals surface area contributed by atoms with Crippen molar-refractivity contribution in [3.8, 4) is 0 Å². The molecule has 1 aliphatic carbocycles. The minimum atomic E-state index is -0.315. The Hall–Kier alpha value is -2.39. The highest BCUT2D eigenvalue weighted by Crippen LogP contribution is 2.40. The summed E-state index contributed by atoms with van der Waals surface area (Å²) in [5.74, 6) is 0.270. The summed E-state index contributed by atoms with van der Waals surface area (Å²) in [5.41, 5.74) is 4.21. The molecule has 3 rings (SSSR count). The van der Waals surface area contributed by atoms with Gasteiger partial charge in [-0.25, -0.2) is 4.39 Å². The SMILES string of the molecule is C=C(Cl)/C=C\C(=C)C(c1[nH]nc2c(F)cc(C)cc12)C(C)C1=CCC(C)C=C1. The Kier molecular flexibility index (Phi) is 6.04. The van der Waals surface area contributed by atoms with Gasteiger partial charge in [0.2, 0.25) is 0 Å². The Balaban J connectivity index is 2.10. The van der Waals surface area contributed by atoms with Crippen LogP contribution in [0.25, 0.3) is 10.9 Å². The van der Waals surface area contributed by atoms with E-state index in [0.717, 1.165) is 28.6 Å². The van der Waals surface area contributed by atoms with E-state index in [9.17, 15) is 4.39 Å². The third-order valence-corrected chi connectivity index (χ3v) is 5.47. The number of hydrogen-bond acceptors (Lipinski definition) is 1. The molecule has 0 aliphatic heterocycles. The van der Waals surface area contributed by atoms with Crippen LogP contribution in [-0.4, -0.2) is 10.2 Å². The molecule has 1 heterocycles. The standard InChI is InChI=1S/C24H26ClFN2/c1-14-6-10-19(11-7-14)18(5)22(16(3)8-9-17(4)25)24-20-12-15(2)13-21(26)23(20)27-28-24/h6,8-14,18,22H,3-4,7H2,1-2,5H3,(H,27,28)/b9-8-. The van der Waals surface area contributed by atoms with Gasteiger partial charge >= 0.3 is 0 Å². The van der Waals surface area contributed by atoms with E-state index in [1.165, 1.54) is 11.6 Å². The van der Waals surface area contributed by atoms with Gasteiger partial charge in [-0.2, -0.15) is 5.10 Å². The highest BCUT2D eigenvalue weighted by molar-refractivity contribution is 6.30. The number of rotatable bonds is 6. The molecule has 3 atom stereocenters. The maximum Gasteiger partial charge on any atom is 0.151 e. The number of halogens is 2. The molecular weight excluding hydrogens is 371 g/mol. The highest BCUT2D eigenvalue weighted by atomic mass is 35.5. The van der Waals surface area contributed by atoms with Crippen molar-refractivity contribution in [3.63, 3.8) is 0 Å². The van der Waals surface area contributed by atoms with E-state index in [4.69, 9.17) is 11.6 Å². The fourth-order valence-electron chi connectivity index (χ4n) is 3.80. The van der Waals surface area contributed by atoms with E-state index in [-0.39, 0.29) is 17.7 Å². The summed E-state index contributed by atoms with van der Waals surface area (Å²) in [6.45, 7) is 14.3. The predicted octanol–water partition coefficient (Wildman–Crippen LogP) is 7.12. The second-order valence-corrected chi connectivity index (χ2v) is 8.16. The fourth-order valence-corrected chi connectivity index (χ4v) is 3.86. The number of allylic oxidation sites excluding steroid dienone is 8. The molecule has 28 heavy (non-hydrogen) atoms. The molecule has 4 heteroatoms. The van der Waals surface area contributed by atoms with Crippen LogP contribution in [0.15, 0.2) is 71.8 Å². The Morgan fingerprint density at radius 1 is 1.36 bits per heavy atom. The Morgan fingerprint density at radius 3 is 2.75 bits per heavy atom. The fraction of sp³-hybridized carbons (Fsp3) is 0.292. The predicted molar refractivity (Wildman–Crippen MR) is 117 cm³/mol. The minimum absolute atomic E-state index is 0.0947. The summed E-state index contributed by atoms with van der Waals surface area (Å²) in [5, 5.41) is 8.57. The summed E-state index contributed by atoms with van der Waals surface area (Å²) >= 11 is 5.92. The van der Waals surface area contributed by atoms with Crippen LogP contribution in [0, 0.1) is 24.6 Å². The molecule has 1 aliphatic rings. The number of H-pyrrole nitrogens is 1. The number of aromatic nitrogens is 2. The first kappa shape index (κ1) is 20.3. The quantitative estimate of drug-likeness (QED) is 0.517. The number of benzene rings is 1. The van der Waals surface area contributed by atoms with Crippen molar-refractivity contribution < 1.29 is 4.39 Å². The zero-order chi connectivity index (χ0) is 20.4. The molecule has 2 nitrogen and oxygen atoms in total. The molecule has 1 aromatic heterocycles. The number of nitrogens with one attached hydrogen (secondary N) is 1. The zero-order valence-electron chi connectivity index (χ0n) is 16.6. The normalized spacial score (nSPS) is 19.0. The third kappa shape index (κ3) is 4.20. The molecule has 0 saturated heterocycles. The van der Waals surface area contributed by atoms with Crippen LogP contribution >= 0.6 is 11.6 Å². The summed E-state index contributed by atoms with van der Waals surface area (Å²) in [6, 6.07) is 3.48. The Labute approximate surface area is 171 Å². The van der Waals surface area contributed by atoms with E-state index in [1.807, 2.05) is 19.1 Å². The second-order valence-electron chi connectivity index (χ2n) is 7.68. The van der Waals surface area contributed by atoms with Gasteiger partial charge in [0, 0.05) is 16.3 Å². The van der Waals surface area contributed by atoms with Crippen molar-refractivity contribution >= 4 is 22.5 Å². The van der Waals surface area contributed by atoms with Crippen molar-refractivity contribution in [2.45, 2.75) is 33.1 Å². The van der Waals surface area contributed by atoms with Gasteiger partial charge in [0.25, 0.3) is 0 Å². The zero-order valence-corrected chi connectivity index (χ0v) is 17.4. The molecule has 0 bridgehead atoms. The molecule has 0 radical (unpaired) electrons. The summed E-state index contributed by atoms with van der Waals surface area (Å²) in [6.07, 6.45) is 11.3. The largest absolute Gasteiger partial charge is 0.281 e. The smallest absolute Gasteiger partial charge is 0.151 e. The van der Waals surface area contributed by atoms with E-state index in [0.29, 0.717) is 16.5 Å². The first-order chi connectivity index (χ1) is 13.3. The van der Waals surface area contributed by atoms with Gasteiger partial charge in [-0.05, 0) is 60.1 Å². The molecule has 1 N–H and O–H groups in total. The van der Waals surface area contributed by atoms with E-state index in [2.05, 4.69) is 55.4 Å². The van der Waals surface area contributed by atoms with Gasteiger partial charge in [0.05, 0.1) is 5.69 Å². The lowest BCUT2D eigenvalue weighted by Crippen LogP contribution is -2.15. The van der Waals surface area contributed by atoms with Crippen molar-refractivity contribution in [3.05, 3.63) is 88.9 Å². The van der Waals surface area contributed by atoms with E-state index in [1.54, 1.807) is 6.08 Å². The first-order valence-electron chi connectivity index (χ1n) is 9.51. The van der Waals surface area contributed by atoms with Crippen LogP contribution in [-0.2, 0) is 0 Å². The lowest BCUT2D eigenvalue weighted by atomic mass is 9.77. The van der Waals surface area contributed by atoms with Crippen molar-refractivity contribution in [2.24, 2.45) is 11.8 Å². The monoisotopic (exact) mass is 396 g/mol. The van der Waals surface area contributed by atoms with Gasteiger partial charge < -0.3 is 0 Å². The maximum absolute atomic E-state index is 14.4. The topological polar surface area (TPSA) is 28.7 Å². The van der Waals surface area contributed by atoms with Gasteiger partial charge in [-0.15, -0.1) is 0 Å². The van der Waals surface area contributed by atoms with Crippen LogP contribution in [0.2, 0.25) is 0 Å². The molecule has 1 aromatic carbocycles. The number of fused-ring (bicyclic) bond motifs is 1. The Bertz CT molecular complexity index is 1010. The molecule has 0 amide bonds. The number of aromatic amines is 1. The Morgan fingerprint density at radius 2 is 2.11 bits per heavy atom. The van der Waals surface area contributed by atoms with Crippen LogP contribution in [0.3, 0.4) is 0 Å². The average Bonchev–Trinajstić information content (AvgIpc) is 3.04. The number of hydrogen-bond donors (Lipinski definition) is 1. The molecule has 3 unspecified atom stereocenters. The lowest BCUT2D eigenvalue weighted by molar-refractivity contribution is 0.578.